The van der Waals surface area contributed by atoms with Crippen LogP contribution >= 0.6 is 15.9 Å². The average molecular weight is 432 g/mol. The molecule has 0 aliphatic heterocycles. The Kier molecular flexibility index (Phi) is 7.96. The minimum atomic E-state index is -0.288. The molecule has 6 heteroatoms. The molecule has 0 heterocycles. The third-order valence-corrected chi connectivity index (χ3v) is 5.22. The van der Waals surface area contributed by atoms with Crippen LogP contribution in [0.1, 0.15) is 36.8 Å². The van der Waals surface area contributed by atoms with Crippen LogP contribution in [0.5, 0.6) is 0 Å². The van der Waals surface area contributed by atoms with E-state index in [2.05, 4.69) is 21.2 Å². The first-order valence-corrected chi connectivity index (χ1v) is 9.62. The molecule has 0 saturated carbocycles. The molecule has 0 saturated heterocycles. The van der Waals surface area contributed by atoms with Crippen LogP contribution in [0.2, 0.25) is 0 Å². The van der Waals surface area contributed by atoms with E-state index in [0.29, 0.717) is 12.8 Å². The maximum Gasteiger partial charge on any atom is 0.220 e. The largest absolute Gasteiger partial charge is 0.343 e. The molecule has 0 radical (unpaired) electrons. The van der Waals surface area contributed by atoms with E-state index in [0.717, 1.165) is 15.6 Å². The van der Waals surface area contributed by atoms with E-state index in [1.54, 1.807) is 12.1 Å². The van der Waals surface area contributed by atoms with Gasteiger partial charge in [-0.3, -0.25) is 4.79 Å². The zero-order valence-electron chi connectivity index (χ0n) is 15.2. The summed E-state index contributed by atoms with van der Waals surface area (Å²) in [7, 11) is 0. The average Bonchev–Trinajstić information content (AvgIpc) is 2.67. The highest BCUT2D eigenvalue weighted by molar-refractivity contribution is 9.10. The Labute approximate surface area is 167 Å². The number of benzene rings is 2. The second-order valence-electron chi connectivity index (χ2n) is 6.61. The summed E-state index contributed by atoms with van der Waals surface area (Å²) in [5, 5.41) is 11.1. The molecule has 4 nitrogen and oxygen atoms in total. The number of nitrogens with two attached hydrogens (primary N) is 1. The number of carbonyl (C=O) groups excluding carboxylic acids is 1. The van der Waals surface area contributed by atoms with Crippen molar-refractivity contribution in [1.82, 2.24) is 5.32 Å². The summed E-state index contributed by atoms with van der Waals surface area (Å²) >= 11 is 3.44. The molecule has 142 valence electrons. The van der Waals surface area contributed by atoms with Gasteiger partial charge in [0.2, 0.25) is 5.91 Å². The van der Waals surface area contributed by atoms with Crippen LogP contribution in [-0.4, -0.2) is 18.5 Å². The van der Waals surface area contributed by atoms with Gasteiger partial charge in [0.25, 0.3) is 0 Å². The normalized spacial score (nSPS) is 14.0. The molecule has 0 bridgehead atoms. The van der Waals surface area contributed by atoms with E-state index < -0.39 is 0 Å². The van der Waals surface area contributed by atoms with Gasteiger partial charge in [0.15, 0.2) is 0 Å². The molecular formula is C21H23BrFN3O. The smallest absolute Gasteiger partial charge is 0.220 e. The summed E-state index contributed by atoms with van der Waals surface area (Å²) in [5.74, 6) is -0.505. The van der Waals surface area contributed by atoms with Crippen molar-refractivity contribution in [2.45, 2.75) is 31.7 Å². The van der Waals surface area contributed by atoms with Gasteiger partial charge in [-0.1, -0.05) is 47.1 Å². The monoisotopic (exact) mass is 431 g/mol. The first-order chi connectivity index (χ1) is 12.9. The summed E-state index contributed by atoms with van der Waals surface area (Å²) in [5.41, 5.74) is 8.58. The summed E-state index contributed by atoms with van der Waals surface area (Å²) in [4.78, 5) is 11.8. The molecular weight excluding hydrogens is 409 g/mol. The molecule has 0 aromatic heterocycles. The van der Waals surface area contributed by atoms with Crippen molar-refractivity contribution in [3.63, 3.8) is 0 Å². The number of halogens is 2. The number of hydrogen-bond donors (Lipinski definition) is 2. The van der Waals surface area contributed by atoms with Gasteiger partial charge in [0.05, 0.1) is 6.07 Å². The first-order valence-electron chi connectivity index (χ1n) is 8.82. The third-order valence-electron chi connectivity index (χ3n) is 4.69. The number of amides is 1. The van der Waals surface area contributed by atoms with Crippen LogP contribution in [0.3, 0.4) is 0 Å². The highest BCUT2D eigenvalue weighted by atomic mass is 79.9. The lowest BCUT2D eigenvalue weighted by Crippen LogP contribution is -2.36. The number of rotatable bonds is 8. The van der Waals surface area contributed by atoms with Crippen LogP contribution in [0.15, 0.2) is 53.0 Å². The van der Waals surface area contributed by atoms with Crippen molar-refractivity contribution in [2.24, 2.45) is 11.7 Å². The van der Waals surface area contributed by atoms with E-state index in [4.69, 9.17) is 11.0 Å². The number of carbonyl (C=O) groups is 1. The molecule has 0 aliphatic carbocycles. The maximum atomic E-state index is 13.4. The van der Waals surface area contributed by atoms with Gasteiger partial charge >= 0.3 is 0 Å². The summed E-state index contributed by atoms with van der Waals surface area (Å²) in [6.07, 6.45) is 0.916. The van der Waals surface area contributed by atoms with Gasteiger partial charge in [0.1, 0.15) is 12.4 Å². The lowest BCUT2D eigenvalue weighted by molar-refractivity contribution is -0.121. The van der Waals surface area contributed by atoms with Crippen molar-refractivity contribution in [1.29, 1.82) is 5.26 Å². The molecule has 0 aliphatic rings. The SMILES string of the molecule is CC(CCC(=O)NCC#N)C(N)C(c1ccc(F)cc1)c1ccc(Br)cc1. The minimum absolute atomic E-state index is 0.0103. The molecule has 3 N–H and O–H groups in total. The summed E-state index contributed by atoms with van der Waals surface area (Å²) < 4.78 is 14.3. The number of nitriles is 1. The molecule has 2 aromatic carbocycles. The molecule has 1 amide bonds. The Morgan fingerprint density at radius 1 is 1.19 bits per heavy atom. The molecule has 27 heavy (non-hydrogen) atoms. The molecule has 2 rings (SSSR count). The lowest BCUT2D eigenvalue weighted by Gasteiger charge is -2.30. The first kappa shape index (κ1) is 21.1. The highest BCUT2D eigenvalue weighted by Crippen LogP contribution is 2.32. The molecule has 2 aromatic rings. The van der Waals surface area contributed by atoms with Crippen molar-refractivity contribution in [3.05, 3.63) is 69.9 Å². The Hall–Kier alpha value is -2.23. The molecule has 0 spiro atoms. The van der Waals surface area contributed by atoms with Gasteiger partial charge in [-0.05, 0) is 47.7 Å². The van der Waals surface area contributed by atoms with Crippen molar-refractivity contribution < 1.29 is 9.18 Å². The van der Waals surface area contributed by atoms with E-state index >= 15 is 0 Å². The Morgan fingerprint density at radius 3 is 2.30 bits per heavy atom. The van der Waals surface area contributed by atoms with Crippen LogP contribution in [0.25, 0.3) is 0 Å². The molecule has 0 fully saturated rings. The van der Waals surface area contributed by atoms with Gasteiger partial charge in [-0.2, -0.15) is 5.26 Å². The van der Waals surface area contributed by atoms with Crippen molar-refractivity contribution in [3.8, 4) is 6.07 Å². The second kappa shape index (κ2) is 10.2. The van der Waals surface area contributed by atoms with Gasteiger partial charge in [0, 0.05) is 22.9 Å². The van der Waals surface area contributed by atoms with Crippen LogP contribution in [0.4, 0.5) is 4.39 Å². The predicted molar refractivity (Wildman–Crippen MR) is 107 cm³/mol. The summed E-state index contributed by atoms with van der Waals surface area (Å²) in [6, 6.07) is 16.0. The van der Waals surface area contributed by atoms with E-state index in [-0.39, 0.29) is 36.1 Å². The fraction of sp³-hybridized carbons (Fsp3) is 0.333. The van der Waals surface area contributed by atoms with Gasteiger partial charge in [-0.25, -0.2) is 4.39 Å². The van der Waals surface area contributed by atoms with Crippen LogP contribution < -0.4 is 11.1 Å². The Morgan fingerprint density at radius 2 is 1.74 bits per heavy atom. The second-order valence-corrected chi connectivity index (χ2v) is 7.52. The molecule has 3 atom stereocenters. The topological polar surface area (TPSA) is 78.9 Å². The van der Waals surface area contributed by atoms with Gasteiger partial charge in [-0.15, -0.1) is 0 Å². The molecule has 3 unspecified atom stereocenters. The van der Waals surface area contributed by atoms with Crippen molar-refractivity contribution in [2.75, 3.05) is 6.54 Å². The standard InChI is InChI=1S/C21H23BrFN3O/c1-14(2-11-19(27)26-13-12-24)21(25)20(15-3-7-17(22)8-4-15)16-5-9-18(23)10-6-16/h3-10,14,20-21H,2,11,13,25H2,1H3,(H,26,27). The predicted octanol–water partition coefficient (Wildman–Crippen LogP) is 4.10. The maximum absolute atomic E-state index is 13.4. The zero-order valence-corrected chi connectivity index (χ0v) is 16.7. The quantitative estimate of drug-likeness (QED) is 0.617. The minimum Gasteiger partial charge on any atom is -0.343 e. The lowest BCUT2D eigenvalue weighted by atomic mass is 9.79. The summed E-state index contributed by atoms with van der Waals surface area (Å²) in [6.45, 7) is 2.02. The van der Waals surface area contributed by atoms with E-state index in [9.17, 15) is 9.18 Å². The fourth-order valence-electron chi connectivity index (χ4n) is 3.08. The van der Waals surface area contributed by atoms with Crippen molar-refractivity contribution >= 4 is 21.8 Å². The Balaban J connectivity index is 2.19. The van der Waals surface area contributed by atoms with E-state index in [1.807, 2.05) is 37.3 Å². The zero-order chi connectivity index (χ0) is 19.8. The number of hydrogen-bond acceptors (Lipinski definition) is 3. The van der Waals surface area contributed by atoms with Crippen LogP contribution in [-0.2, 0) is 4.79 Å². The number of nitrogens with zero attached hydrogens (tertiary/aromatic N) is 1. The van der Waals surface area contributed by atoms with Crippen LogP contribution in [0, 0.1) is 23.1 Å². The fourth-order valence-corrected chi connectivity index (χ4v) is 3.35. The van der Waals surface area contributed by atoms with Gasteiger partial charge < -0.3 is 11.1 Å². The highest BCUT2D eigenvalue weighted by Gasteiger charge is 2.27. The Bertz CT molecular complexity index is 741. The van der Waals surface area contributed by atoms with E-state index in [1.165, 1.54) is 12.1 Å². The third kappa shape index (κ3) is 6.16. The number of nitrogens with one attached hydrogen (secondary N) is 1.